The fourth-order valence-corrected chi connectivity index (χ4v) is 4.94. The summed E-state index contributed by atoms with van der Waals surface area (Å²) in [6.07, 6.45) is 3.04. The Labute approximate surface area is 223 Å². The van der Waals surface area contributed by atoms with Crippen LogP contribution in [0.4, 0.5) is 22.8 Å². The van der Waals surface area contributed by atoms with Gasteiger partial charge in [-0.15, -0.1) is 0 Å². The molecule has 1 aromatic heterocycles. The van der Waals surface area contributed by atoms with E-state index in [2.05, 4.69) is 15.2 Å². The van der Waals surface area contributed by atoms with E-state index in [4.69, 9.17) is 9.47 Å². The Morgan fingerprint density at radius 3 is 2.44 bits per heavy atom. The first kappa shape index (κ1) is 28.1. The van der Waals surface area contributed by atoms with Crippen molar-refractivity contribution in [1.29, 1.82) is 0 Å². The molecule has 0 saturated carbocycles. The standard InChI is InChI=1S/C27H29F3N4O5/c1-16-22(25(35)38-2)24(18-14-19(28)23(30)20(29)15-18)34(26(36)32-16)27(37)39-13-5-10-33-11-7-17(8-12-33)21-6-3-4-9-31-21/h3-4,6,9,14-15,17,24H,5,7-8,10-13H2,1-2H3,(H,32,36). The van der Waals surface area contributed by atoms with Gasteiger partial charge < -0.3 is 19.7 Å². The van der Waals surface area contributed by atoms with Crippen LogP contribution in [0.15, 0.2) is 47.8 Å². The second-order valence-electron chi connectivity index (χ2n) is 9.37. The molecule has 0 radical (unpaired) electrons. The number of allylic oxidation sites excluding steroid dienone is 1. The zero-order chi connectivity index (χ0) is 28.1. The van der Waals surface area contributed by atoms with Crippen LogP contribution in [0.5, 0.6) is 0 Å². The summed E-state index contributed by atoms with van der Waals surface area (Å²) in [4.78, 5) is 45.6. The van der Waals surface area contributed by atoms with Gasteiger partial charge in [-0.2, -0.15) is 0 Å². The van der Waals surface area contributed by atoms with Crippen LogP contribution in [0.2, 0.25) is 0 Å². The quantitative estimate of drug-likeness (QED) is 0.312. The summed E-state index contributed by atoms with van der Waals surface area (Å²) in [7, 11) is 1.07. The van der Waals surface area contributed by atoms with E-state index in [9.17, 15) is 27.6 Å². The van der Waals surface area contributed by atoms with E-state index in [-0.39, 0.29) is 23.4 Å². The molecule has 2 aromatic rings. The van der Waals surface area contributed by atoms with Gasteiger partial charge in [0, 0.05) is 30.1 Å². The number of hydrogen-bond donors (Lipinski definition) is 1. The number of amides is 3. The number of urea groups is 1. The summed E-state index contributed by atoms with van der Waals surface area (Å²) in [5.74, 6) is -5.36. The molecule has 39 heavy (non-hydrogen) atoms. The third-order valence-electron chi connectivity index (χ3n) is 6.91. The summed E-state index contributed by atoms with van der Waals surface area (Å²) in [5, 5.41) is 2.37. The molecule has 0 spiro atoms. The van der Waals surface area contributed by atoms with Crippen molar-refractivity contribution in [2.75, 3.05) is 33.4 Å². The molecule has 9 nitrogen and oxygen atoms in total. The molecule has 2 aliphatic heterocycles. The molecule has 2 aliphatic rings. The number of esters is 1. The van der Waals surface area contributed by atoms with Gasteiger partial charge in [-0.3, -0.25) is 4.98 Å². The zero-order valence-corrected chi connectivity index (χ0v) is 21.6. The number of hydrogen-bond acceptors (Lipinski definition) is 7. The summed E-state index contributed by atoms with van der Waals surface area (Å²) < 4.78 is 51.9. The number of halogens is 3. The van der Waals surface area contributed by atoms with E-state index >= 15 is 0 Å². The number of imide groups is 1. The first-order chi connectivity index (χ1) is 18.7. The predicted octanol–water partition coefficient (Wildman–Crippen LogP) is 4.42. The normalized spacial score (nSPS) is 18.6. The van der Waals surface area contributed by atoms with Crippen LogP contribution >= 0.6 is 0 Å². The number of pyridine rings is 1. The lowest BCUT2D eigenvalue weighted by Gasteiger charge is -2.35. The smallest absolute Gasteiger partial charge is 0.418 e. The third kappa shape index (κ3) is 6.22. The van der Waals surface area contributed by atoms with E-state index in [1.165, 1.54) is 6.92 Å². The number of aromatic nitrogens is 1. The number of benzene rings is 1. The number of nitrogens with one attached hydrogen (secondary N) is 1. The van der Waals surface area contributed by atoms with E-state index in [0.717, 1.165) is 38.7 Å². The average molecular weight is 547 g/mol. The Bertz CT molecular complexity index is 1240. The van der Waals surface area contributed by atoms with Crippen molar-refractivity contribution in [1.82, 2.24) is 20.1 Å². The molecule has 208 valence electrons. The maximum atomic E-state index is 14.1. The van der Waals surface area contributed by atoms with Gasteiger partial charge in [-0.1, -0.05) is 6.07 Å². The molecule has 4 rings (SSSR count). The molecule has 0 aliphatic carbocycles. The van der Waals surface area contributed by atoms with E-state index in [1.54, 1.807) is 6.20 Å². The van der Waals surface area contributed by atoms with Crippen molar-refractivity contribution < 1.29 is 37.0 Å². The first-order valence-electron chi connectivity index (χ1n) is 12.5. The molecule has 12 heteroatoms. The highest BCUT2D eigenvalue weighted by Crippen LogP contribution is 2.36. The fourth-order valence-electron chi connectivity index (χ4n) is 4.94. The topological polar surface area (TPSA) is 101 Å². The Balaban J connectivity index is 1.41. The van der Waals surface area contributed by atoms with Crippen molar-refractivity contribution in [2.45, 2.75) is 38.1 Å². The highest BCUT2D eigenvalue weighted by Gasteiger charge is 2.43. The van der Waals surface area contributed by atoms with Gasteiger partial charge in [0.05, 0.1) is 19.3 Å². The monoisotopic (exact) mass is 546 g/mol. The minimum atomic E-state index is -1.72. The van der Waals surface area contributed by atoms with Gasteiger partial charge in [0.25, 0.3) is 0 Å². The lowest BCUT2D eigenvalue weighted by molar-refractivity contribution is -0.136. The number of methoxy groups -OCH3 is 1. The molecule has 1 N–H and O–H groups in total. The van der Waals surface area contributed by atoms with Gasteiger partial charge in [0.15, 0.2) is 17.5 Å². The maximum absolute atomic E-state index is 14.1. The second kappa shape index (κ2) is 12.3. The van der Waals surface area contributed by atoms with Crippen molar-refractivity contribution in [2.24, 2.45) is 0 Å². The number of ether oxygens (including phenoxy) is 2. The van der Waals surface area contributed by atoms with Crippen LogP contribution in [0.1, 0.15) is 49.4 Å². The molecule has 1 aromatic carbocycles. The van der Waals surface area contributed by atoms with Gasteiger partial charge in [0.1, 0.15) is 6.04 Å². The van der Waals surface area contributed by atoms with Crippen molar-refractivity contribution >= 4 is 18.1 Å². The summed E-state index contributed by atoms with van der Waals surface area (Å²) >= 11 is 0. The zero-order valence-electron chi connectivity index (χ0n) is 21.6. The summed E-state index contributed by atoms with van der Waals surface area (Å²) in [6, 6.07) is 4.55. The largest absolute Gasteiger partial charge is 0.466 e. The second-order valence-corrected chi connectivity index (χ2v) is 9.37. The van der Waals surface area contributed by atoms with Crippen LogP contribution < -0.4 is 5.32 Å². The number of likely N-dealkylation sites (tertiary alicyclic amines) is 1. The van der Waals surface area contributed by atoms with Crippen molar-refractivity contribution in [3.8, 4) is 0 Å². The Hall–Kier alpha value is -3.93. The Morgan fingerprint density at radius 2 is 1.82 bits per heavy atom. The molecule has 0 bridgehead atoms. The van der Waals surface area contributed by atoms with Crippen LogP contribution in [0, 0.1) is 17.5 Å². The lowest BCUT2D eigenvalue weighted by Crippen LogP contribution is -2.51. The first-order valence-corrected chi connectivity index (χ1v) is 12.5. The van der Waals surface area contributed by atoms with Crippen molar-refractivity contribution in [3.63, 3.8) is 0 Å². The minimum Gasteiger partial charge on any atom is -0.466 e. The van der Waals surface area contributed by atoms with Gasteiger partial charge in [0.2, 0.25) is 0 Å². The highest BCUT2D eigenvalue weighted by atomic mass is 19.2. The molecule has 3 heterocycles. The van der Waals surface area contributed by atoms with E-state index < -0.39 is 41.6 Å². The molecule has 1 saturated heterocycles. The molecule has 3 amide bonds. The van der Waals surface area contributed by atoms with E-state index in [1.807, 2.05) is 18.2 Å². The minimum absolute atomic E-state index is 0.0140. The van der Waals surface area contributed by atoms with Crippen LogP contribution in [0.25, 0.3) is 0 Å². The molecule has 1 atom stereocenters. The number of piperidine rings is 1. The summed E-state index contributed by atoms with van der Waals surface area (Å²) in [5.41, 5.74) is 0.501. The fraction of sp³-hybridized carbons (Fsp3) is 0.407. The highest BCUT2D eigenvalue weighted by molar-refractivity contribution is 6.00. The molecular formula is C27H29F3N4O5. The lowest BCUT2D eigenvalue weighted by atomic mass is 9.93. The molecular weight excluding hydrogens is 517 g/mol. The summed E-state index contributed by atoms with van der Waals surface area (Å²) in [6.45, 7) is 3.70. The average Bonchev–Trinajstić information content (AvgIpc) is 2.93. The SMILES string of the molecule is COC(=O)C1=C(C)NC(=O)N(C(=O)OCCCN2CCC(c3ccccn3)CC2)C1c1cc(F)c(F)c(F)c1. The van der Waals surface area contributed by atoms with Crippen LogP contribution in [-0.4, -0.2) is 66.2 Å². The van der Waals surface area contributed by atoms with Gasteiger partial charge in [-0.25, -0.2) is 32.5 Å². The number of rotatable bonds is 7. The Morgan fingerprint density at radius 1 is 1.13 bits per heavy atom. The van der Waals surface area contributed by atoms with Crippen molar-refractivity contribution in [3.05, 3.63) is 76.5 Å². The Kier molecular flexibility index (Phi) is 8.85. The number of nitrogens with zero attached hydrogens (tertiary/aromatic N) is 3. The van der Waals surface area contributed by atoms with Crippen LogP contribution in [-0.2, 0) is 14.3 Å². The maximum Gasteiger partial charge on any atom is 0.418 e. The van der Waals surface area contributed by atoms with Crippen LogP contribution in [0.3, 0.4) is 0 Å². The third-order valence-corrected chi connectivity index (χ3v) is 6.91. The number of carbonyl (C=O) groups is 3. The van der Waals surface area contributed by atoms with Gasteiger partial charge in [-0.05, 0) is 69.1 Å². The molecule has 1 fully saturated rings. The van der Waals surface area contributed by atoms with E-state index in [0.29, 0.717) is 35.9 Å². The molecule has 1 unspecified atom stereocenters. The predicted molar refractivity (Wildman–Crippen MR) is 133 cm³/mol. The van der Waals surface area contributed by atoms with Gasteiger partial charge >= 0.3 is 18.1 Å². The number of carbonyl (C=O) groups excluding carboxylic acids is 3.